The zero-order chi connectivity index (χ0) is 18.2. The number of carboxylic acid groups (broad SMARTS) is 1. The Bertz CT molecular complexity index is 740. The maximum Gasteiger partial charge on any atom is 0.407 e. The average molecular weight is 340 g/mol. The molecular weight excluding hydrogens is 316 g/mol. The van der Waals surface area contributed by atoms with Crippen molar-refractivity contribution in [3.05, 3.63) is 41.1 Å². The van der Waals surface area contributed by atoms with E-state index in [0.29, 0.717) is 18.7 Å². The van der Waals surface area contributed by atoms with Crippen molar-refractivity contribution in [3.8, 4) is 6.07 Å². The van der Waals surface area contributed by atoms with Gasteiger partial charge in [-0.25, -0.2) is 4.79 Å². The molecule has 6 heteroatoms. The Hall–Kier alpha value is -2.68. The van der Waals surface area contributed by atoms with Crippen molar-refractivity contribution in [2.45, 2.75) is 39.2 Å². The van der Waals surface area contributed by atoms with E-state index in [1.54, 1.807) is 0 Å². The number of amides is 1. The van der Waals surface area contributed by atoms with Gasteiger partial charge in [-0.05, 0) is 57.0 Å². The molecule has 1 aromatic rings. The number of carbonyl (C=O) groups is 1. The van der Waals surface area contributed by atoms with E-state index >= 15 is 0 Å². The third kappa shape index (κ3) is 3.27. The van der Waals surface area contributed by atoms with Gasteiger partial charge in [0.25, 0.3) is 0 Å². The number of nitriles is 1. The SMILES string of the molecule is CC(C)(C)N1C2=C(CCN(C(=O)O)CC2)CN1c1ccc(C#N)cc1. The first-order valence-corrected chi connectivity index (χ1v) is 8.58. The fourth-order valence-electron chi connectivity index (χ4n) is 3.64. The minimum atomic E-state index is -0.840. The summed E-state index contributed by atoms with van der Waals surface area (Å²) in [7, 11) is 0. The molecule has 0 saturated heterocycles. The van der Waals surface area contributed by atoms with Gasteiger partial charge in [-0.15, -0.1) is 0 Å². The molecule has 2 heterocycles. The van der Waals surface area contributed by atoms with Crippen molar-refractivity contribution >= 4 is 11.8 Å². The van der Waals surface area contributed by atoms with Crippen LogP contribution in [0.3, 0.4) is 0 Å². The first-order chi connectivity index (χ1) is 11.8. The van der Waals surface area contributed by atoms with Gasteiger partial charge in [-0.1, -0.05) is 0 Å². The summed E-state index contributed by atoms with van der Waals surface area (Å²) < 4.78 is 0. The van der Waals surface area contributed by atoms with Crippen molar-refractivity contribution in [1.82, 2.24) is 9.91 Å². The Morgan fingerprint density at radius 3 is 2.36 bits per heavy atom. The molecule has 0 unspecified atom stereocenters. The second-order valence-corrected chi connectivity index (χ2v) is 7.52. The molecule has 132 valence electrons. The molecule has 1 aromatic carbocycles. The zero-order valence-corrected chi connectivity index (χ0v) is 15.0. The summed E-state index contributed by atoms with van der Waals surface area (Å²) in [6.07, 6.45) is 0.652. The lowest BCUT2D eigenvalue weighted by Gasteiger charge is -2.44. The molecule has 0 radical (unpaired) electrons. The molecule has 2 aliphatic heterocycles. The van der Waals surface area contributed by atoms with E-state index in [1.807, 2.05) is 24.3 Å². The highest BCUT2D eigenvalue weighted by Crippen LogP contribution is 2.38. The third-order valence-corrected chi connectivity index (χ3v) is 4.75. The molecule has 0 spiro atoms. The lowest BCUT2D eigenvalue weighted by molar-refractivity contribution is 0.142. The van der Waals surface area contributed by atoms with Crippen molar-refractivity contribution in [2.24, 2.45) is 0 Å². The van der Waals surface area contributed by atoms with E-state index in [2.05, 4.69) is 36.9 Å². The molecule has 6 nitrogen and oxygen atoms in total. The van der Waals surface area contributed by atoms with Gasteiger partial charge in [-0.2, -0.15) is 5.26 Å². The van der Waals surface area contributed by atoms with E-state index in [0.717, 1.165) is 25.1 Å². The predicted octanol–water partition coefficient (Wildman–Crippen LogP) is 3.42. The minimum Gasteiger partial charge on any atom is -0.465 e. The summed E-state index contributed by atoms with van der Waals surface area (Å²) in [4.78, 5) is 12.8. The van der Waals surface area contributed by atoms with Crippen molar-refractivity contribution < 1.29 is 9.90 Å². The van der Waals surface area contributed by atoms with Crippen LogP contribution < -0.4 is 5.01 Å². The Morgan fingerprint density at radius 2 is 1.80 bits per heavy atom. The quantitative estimate of drug-likeness (QED) is 0.848. The number of rotatable bonds is 1. The smallest absolute Gasteiger partial charge is 0.407 e. The number of anilines is 1. The molecule has 2 aliphatic rings. The van der Waals surface area contributed by atoms with Gasteiger partial charge in [0, 0.05) is 25.2 Å². The lowest BCUT2D eigenvalue weighted by Crippen LogP contribution is -2.49. The van der Waals surface area contributed by atoms with Crippen molar-refractivity contribution in [1.29, 1.82) is 5.26 Å². The number of hydrogen-bond donors (Lipinski definition) is 1. The lowest BCUT2D eigenvalue weighted by atomic mass is 10.1. The molecule has 0 atom stereocenters. The molecule has 0 bridgehead atoms. The zero-order valence-electron chi connectivity index (χ0n) is 15.0. The van der Waals surface area contributed by atoms with Crippen molar-refractivity contribution in [3.63, 3.8) is 0 Å². The van der Waals surface area contributed by atoms with Gasteiger partial charge in [0.15, 0.2) is 0 Å². The number of hydrazine groups is 1. The fourth-order valence-corrected chi connectivity index (χ4v) is 3.64. The normalized spacial score (nSPS) is 18.1. The Labute approximate surface area is 148 Å². The monoisotopic (exact) mass is 340 g/mol. The molecular formula is C19H24N4O2. The van der Waals surface area contributed by atoms with Crippen LogP contribution in [0.1, 0.15) is 39.2 Å². The summed E-state index contributed by atoms with van der Waals surface area (Å²) >= 11 is 0. The van der Waals surface area contributed by atoms with E-state index < -0.39 is 6.09 Å². The molecule has 0 aromatic heterocycles. The van der Waals surface area contributed by atoms with Crippen molar-refractivity contribution in [2.75, 3.05) is 24.6 Å². The molecule has 1 amide bonds. The van der Waals surface area contributed by atoms with Gasteiger partial charge >= 0.3 is 6.09 Å². The van der Waals surface area contributed by atoms with Crippen LogP contribution in [0.4, 0.5) is 10.5 Å². The van der Waals surface area contributed by atoms with Gasteiger partial charge in [0.05, 0.1) is 29.4 Å². The molecule has 0 fully saturated rings. The van der Waals surface area contributed by atoms with E-state index in [9.17, 15) is 9.90 Å². The highest BCUT2D eigenvalue weighted by Gasteiger charge is 2.38. The summed E-state index contributed by atoms with van der Waals surface area (Å²) in [6, 6.07) is 9.79. The predicted molar refractivity (Wildman–Crippen MR) is 96.0 cm³/mol. The van der Waals surface area contributed by atoms with Crippen LogP contribution in [0.2, 0.25) is 0 Å². The Balaban J connectivity index is 1.91. The maximum absolute atomic E-state index is 11.3. The topological polar surface area (TPSA) is 70.8 Å². The highest BCUT2D eigenvalue weighted by molar-refractivity contribution is 5.65. The summed E-state index contributed by atoms with van der Waals surface area (Å²) in [5.74, 6) is 0. The Kier molecular flexibility index (Phi) is 4.34. The minimum absolute atomic E-state index is 0.122. The molecule has 3 rings (SSSR count). The van der Waals surface area contributed by atoms with E-state index in [-0.39, 0.29) is 5.54 Å². The summed E-state index contributed by atoms with van der Waals surface area (Å²) in [5, 5.41) is 22.9. The van der Waals surface area contributed by atoms with Crippen LogP contribution in [0.15, 0.2) is 35.5 Å². The molecule has 0 aliphatic carbocycles. The maximum atomic E-state index is 11.3. The molecule has 1 N–H and O–H groups in total. The first-order valence-electron chi connectivity index (χ1n) is 8.58. The number of nitrogens with zero attached hydrogens (tertiary/aromatic N) is 4. The summed E-state index contributed by atoms with van der Waals surface area (Å²) in [5.41, 5.74) is 4.13. The van der Waals surface area contributed by atoms with Gasteiger partial charge in [0.2, 0.25) is 0 Å². The van der Waals surface area contributed by atoms with Crippen LogP contribution in [-0.2, 0) is 0 Å². The second kappa shape index (κ2) is 6.32. The first kappa shape index (κ1) is 17.2. The largest absolute Gasteiger partial charge is 0.465 e. The van der Waals surface area contributed by atoms with E-state index in [1.165, 1.54) is 16.2 Å². The van der Waals surface area contributed by atoms with E-state index in [4.69, 9.17) is 5.26 Å². The molecule has 0 saturated carbocycles. The third-order valence-electron chi connectivity index (χ3n) is 4.75. The molecule has 25 heavy (non-hydrogen) atoms. The van der Waals surface area contributed by atoms with Gasteiger partial charge in [-0.3, -0.25) is 10.0 Å². The van der Waals surface area contributed by atoms with Crippen LogP contribution in [-0.4, -0.2) is 46.3 Å². The summed E-state index contributed by atoms with van der Waals surface area (Å²) in [6.45, 7) is 8.35. The average Bonchev–Trinajstić information content (AvgIpc) is 2.81. The second-order valence-electron chi connectivity index (χ2n) is 7.52. The standard InChI is InChI=1S/C19H24N4O2/c1-19(2,3)23-17-9-11-21(18(24)25)10-8-15(17)13-22(23)16-6-4-14(12-20)5-7-16/h4-7H,8-11,13H2,1-3H3,(H,24,25). The van der Waals surface area contributed by atoms with Crippen LogP contribution in [0.5, 0.6) is 0 Å². The van der Waals surface area contributed by atoms with Gasteiger partial charge < -0.3 is 10.0 Å². The van der Waals surface area contributed by atoms with Crippen LogP contribution in [0, 0.1) is 11.3 Å². The fraction of sp³-hybridized carbons (Fsp3) is 0.474. The Morgan fingerprint density at radius 1 is 1.16 bits per heavy atom. The highest BCUT2D eigenvalue weighted by atomic mass is 16.4. The van der Waals surface area contributed by atoms with Crippen LogP contribution >= 0.6 is 0 Å². The number of hydrogen-bond acceptors (Lipinski definition) is 4. The van der Waals surface area contributed by atoms with Crippen LogP contribution in [0.25, 0.3) is 0 Å². The van der Waals surface area contributed by atoms with Gasteiger partial charge in [0.1, 0.15) is 0 Å². The number of benzene rings is 1.